The minimum absolute atomic E-state index is 0.164. The van der Waals surface area contributed by atoms with Crippen molar-refractivity contribution in [3.8, 4) is 5.75 Å². The number of anilines is 2. The molecule has 0 spiro atoms. The van der Waals surface area contributed by atoms with Crippen LogP contribution < -0.4 is 15.0 Å². The molecule has 1 heterocycles. The zero-order valence-electron chi connectivity index (χ0n) is 13.7. The van der Waals surface area contributed by atoms with Gasteiger partial charge in [0, 0.05) is 11.3 Å². The highest BCUT2D eigenvalue weighted by atomic mass is 19.3. The molecule has 0 bridgehead atoms. The van der Waals surface area contributed by atoms with Crippen LogP contribution in [0.2, 0.25) is 0 Å². The molecule has 2 aromatic carbocycles. The van der Waals surface area contributed by atoms with E-state index in [0.29, 0.717) is 30.1 Å². The summed E-state index contributed by atoms with van der Waals surface area (Å²) >= 11 is 0. The van der Waals surface area contributed by atoms with Crippen LogP contribution in [0.5, 0.6) is 5.75 Å². The van der Waals surface area contributed by atoms with Gasteiger partial charge < -0.3 is 14.8 Å². The van der Waals surface area contributed by atoms with Crippen molar-refractivity contribution >= 4 is 23.4 Å². The molecule has 2 aromatic rings. The van der Waals surface area contributed by atoms with Crippen LogP contribution >= 0.6 is 0 Å². The van der Waals surface area contributed by atoms with Crippen molar-refractivity contribution in [3.05, 3.63) is 54.1 Å². The van der Waals surface area contributed by atoms with E-state index in [1.54, 1.807) is 42.5 Å². The number of cyclic esters (lactones) is 1. The predicted octanol–water partition coefficient (Wildman–Crippen LogP) is 3.54. The molecule has 1 N–H and O–H groups in total. The Morgan fingerprint density at radius 2 is 1.92 bits per heavy atom. The fourth-order valence-corrected chi connectivity index (χ4v) is 2.46. The van der Waals surface area contributed by atoms with Crippen molar-refractivity contribution in [2.45, 2.75) is 6.43 Å². The summed E-state index contributed by atoms with van der Waals surface area (Å²) in [5.74, 6) is -0.258. The second-order valence-electron chi connectivity index (χ2n) is 5.47. The topological polar surface area (TPSA) is 67.9 Å². The van der Waals surface area contributed by atoms with Crippen LogP contribution in [-0.4, -0.2) is 38.2 Å². The summed E-state index contributed by atoms with van der Waals surface area (Å²) < 4.78 is 34.5. The molecule has 8 heteroatoms. The molecule has 1 aliphatic heterocycles. The summed E-state index contributed by atoms with van der Waals surface area (Å²) in [6, 6.07) is 12.8. The molecule has 136 valence electrons. The molecule has 2 amide bonds. The quantitative estimate of drug-likeness (QED) is 0.854. The van der Waals surface area contributed by atoms with Crippen LogP contribution in [0.4, 0.5) is 25.0 Å². The van der Waals surface area contributed by atoms with E-state index in [4.69, 9.17) is 9.47 Å². The molecule has 6 nitrogen and oxygen atoms in total. The second kappa shape index (κ2) is 7.81. The molecule has 3 rings (SSSR count). The van der Waals surface area contributed by atoms with Crippen molar-refractivity contribution in [1.29, 1.82) is 0 Å². The molecule has 0 aliphatic carbocycles. The fraction of sp³-hybridized carbons (Fsp3) is 0.222. The van der Waals surface area contributed by atoms with Crippen LogP contribution in [0, 0.1) is 0 Å². The van der Waals surface area contributed by atoms with Gasteiger partial charge in [-0.2, -0.15) is 0 Å². The molecule has 0 aromatic heterocycles. The fourth-order valence-electron chi connectivity index (χ4n) is 2.46. The lowest BCUT2D eigenvalue weighted by atomic mass is 10.1. The molecule has 0 saturated carbocycles. The SMILES string of the molecule is O=C(Nc1ccccc1OCC(F)F)c1ccc(N2CCOC2=O)cc1. The number of alkyl halides is 2. The number of hydrogen-bond donors (Lipinski definition) is 1. The van der Waals surface area contributed by atoms with E-state index in [2.05, 4.69) is 5.32 Å². The minimum Gasteiger partial charge on any atom is -0.485 e. The van der Waals surface area contributed by atoms with Gasteiger partial charge in [-0.05, 0) is 36.4 Å². The van der Waals surface area contributed by atoms with E-state index < -0.39 is 25.0 Å². The van der Waals surface area contributed by atoms with E-state index >= 15 is 0 Å². The van der Waals surface area contributed by atoms with Crippen molar-refractivity contribution < 1.29 is 27.8 Å². The first kappa shape index (κ1) is 17.7. The normalized spacial score (nSPS) is 13.7. The molecule has 0 radical (unpaired) electrons. The number of nitrogens with one attached hydrogen (secondary N) is 1. The van der Waals surface area contributed by atoms with Gasteiger partial charge in [-0.25, -0.2) is 13.6 Å². The third-order valence-corrected chi connectivity index (χ3v) is 3.70. The van der Waals surface area contributed by atoms with Gasteiger partial charge in [0.1, 0.15) is 19.0 Å². The zero-order valence-corrected chi connectivity index (χ0v) is 13.7. The number of hydrogen-bond acceptors (Lipinski definition) is 4. The van der Waals surface area contributed by atoms with E-state index in [0.717, 1.165) is 0 Å². The molecule has 0 unspecified atom stereocenters. The lowest BCUT2D eigenvalue weighted by Crippen LogP contribution is -2.23. The lowest BCUT2D eigenvalue weighted by molar-refractivity contribution is 0.0822. The predicted molar refractivity (Wildman–Crippen MR) is 91.0 cm³/mol. The Morgan fingerprint density at radius 1 is 1.19 bits per heavy atom. The summed E-state index contributed by atoms with van der Waals surface area (Å²) in [7, 11) is 0. The van der Waals surface area contributed by atoms with Gasteiger partial charge in [0.05, 0.1) is 12.2 Å². The molecule has 26 heavy (non-hydrogen) atoms. The summed E-state index contributed by atoms with van der Waals surface area (Å²) in [5, 5.41) is 2.63. The van der Waals surface area contributed by atoms with Crippen molar-refractivity contribution in [2.75, 3.05) is 30.0 Å². The smallest absolute Gasteiger partial charge is 0.414 e. The van der Waals surface area contributed by atoms with Crippen LogP contribution in [0.15, 0.2) is 48.5 Å². The monoisotopic (exact) mass is 362 g/mol. The van der Waals surface area contributed by atoms with E-state index in [9.17, 15) is 18.4 Å². The molecular formula is C18H16F2N2O4. The maximum absolute atomic E-state index is 12.4. The first-order valence-electron chi connectivity index (χ1n) is 7.90. The Balaban J connectivity index is 1.69. The Hall–Kier alpha value is -3.16. The first-order valence-corrected chi connectivity index (χ1v) is 7.90. The molecule has 1 saturated heterocycles. The maximum Gasteiger partial charge on any atom is 0.414 e. The van der Waals surface area contributed by atoms with Gasteiger partial charge >= 0.3 is 6.09 Å². The average Bonchev–Trinajstić information content (AvgIpc) is 3.07. The Kier molecular flexibility index (Phi) is 5.31. The maximum atomic E-state index is 12.4. The van der Waals surface area contributed by atoms with Crippen LogP contribution in [0.25, 0.3) is 0 Å². The van der Waals surface area contributed by atoms with Crippen LogP contribution in [0.1, 0.15) is 10.4 Å². The van der Waals surface area contributed by atoms with E-state index in [-0.39, 0.29) is 5.75 Å². The Bertz CT molecular complexity index is 796. The van der Waals surface area contributed by atoms with E-state index in [1.807, 2.05) is 0 Å². The van der Waals surface area contributed by atoms with Gasteiger partial charge in [0.15, 0.2) is 0 Å². The van der Waals surface area contributed by atoms with Crippen molar-refractivity contribution in [3.63, 3.8) is 0 Å². The van der Waals surface area contributed by atoms with Crippen molar-refractivity contribution in [1.82, 2.24) is 0 Å². The van der Waals surface area contributed by atoms with Gasteiger partial charge in [-0.1, -0.05) is 12.1 Å². The number of para-hydroxylation sites is 2. The number of benzene rings is 2. The number of rotatable bonds is 6. The highest BCUT2D eigenvalue weighted by Crippen LogP contribution is 2.25. The standard InChI is InChI=1S/C18H16F2N2O4/c19-16(20)11-26-15-4-2-1-3-14(15)21-17(23)12-5-7-13(8-6-12)22-9-10-25-18(22)24/h1-8,16H,9-11H2,(H,21,23). The zero-order chi connectivity index (χ0) is 18.5. The summed E-state index contributed by atoms with van der Waals surface area (Å²) in [6.45, 7) is 0.0310. The van der Waals surface area contributed by atoms with Crippen LogP contribution in [0.3, 0.4) is 0 Å². The van der Waals surface area contributed by atoms with Gasteiger partial charge in [-0.15, -0.1) is 0 Å². The van der Waals surface area contributed by atoms with Crippen molar-refractivity contribution in [2.24, 2.45) is 0 Å². The highest BCUT2D eigenvalue weighted by molar-refractivity contribution is 6.05. The largest absolute Gasteiger partial charge is 0.485 e. The third kappa shape index (κ3) is 4.08. The summed E-state index contributed by atoms with van der Waals surface area (Å²) in [4.78, 5) is 25.4. The third-order valence-electron chi connectivity index (χ3n) is 3.70. The van der Waals surface area contributed by atoms with Gasteiger partial charge in [-0.3, -0.25) is 9.69 Å². The number of carbonyl (C=O) groups is 2. The first-order chi connectivity index (χ1) is 12.5. The summed E-state index contributed by atoms with van der Waals surface area (Å²) in [5.41, 5.74) is 1.28. The Labute approximate surface area is 148 Å². The second-order valence-corrected chi connectivity index (χ2v) is 5.47. The Morgan fingerprint density at radius 3 is 2.58 bits per heavy atom. The molecule has 1 aliphatic rings. The number of carbonyl (C=O) groups excluding carboxylic acids is 2. The number of nitrogens with zero attached hydrogens (tertiary/aromatic N) is 1. The van der Waals surface area contributed by atoms with Gasteiger partial charge in [0.2, 0.25) is 0 Å². The molecule has 1 fully saturated rings. The number of halogens is 2. The highest BCUT2D eigenvalue weighted by Gasteiger charge is 2.23. The van der Waals surface area contributed by atoms with Gasteiger partial charge in [0.25, 0.3) is 12.3 Å². The number of amides is 2. The van der Waals surface area contributed by atoms with E-state index in [1.165, 1.54) is 11.0 Å². The molecule has 0 atom stereocenters. The minimum atomic E-state index is -2.61. The lowest BCUT2D eigenvalue weighted by Gasteiger charge is -2.14. The van der Waals surface area contributed by atoms with Crippen LogP contribution in [-0.2, 0) is 4.74 Å². The average molecular weight is 362 g/mol. The molecular weight excluding hydrogens is 346 g/mol. The number of ether oxygens (including phenoxy) is 2. The summed E-state index contributed by atoms with van der Waals surface area (Å²) in [6.07, 6.45) is -3.03.